The Morgan fingerprint density at radius 3 is 2.67 bits per heavy atom. The normalized spacial score (nSPS) is 28.8. The van der Waals surface area contributed by atoms with Crippen LogP contribution in [0.1, 0.15) is 54.8 Å². The fourth-order valence-electron chi connectivity index (χ4n) is 4.40. The maximum atomic E-state index is 11.2. The van der Waals surface area contributed by atoms with E-state index in [1.165, 1.54) is 25.7 Å². The van der Waals surface area contributed by atoms with E-state index in [9.17, 15) is 10.1 Å². The molecule has 3 rings (SSSR count). The zero-order valence-electron chi connectivity index (χ0n) is 12.8. The third-order valence-electron chi connectivity index (χ3n) is 5.73. The van der Waals surface area contributed by atoms with Crippen molar-refractivity contribution in [2.24, 2.45) is 23.5 Å². The Morgan fingerprint density at radius 2 is 2.10 bits per heavy atom. The third kappa shape index (κ3) is 2.69. The Hall–Kier alpha value is -1.42. The second-order valence-electron chi connectivity index (χ2n) is 7.02. The van der Waals surface area contributed by atoms with Crippen LogP contribution in [0, 0.1) is 41.7 Å². The molecule has 4 heteroatoms. The smallest absolute Gasteiger partial charge is 0.272 e. The average Bonchev–Trinajstić information content (AvgIpc) is 3.03. The number of fused-ring (bicyclic) bond motifs is 2. The van der Waals surface area contributed by atoms with Gasteiger partial charge in [0.15, 0.2) is 0 Å². The molecule has 0 radical (unpaired) electrons. The summed E-state index contributed by atoms with van der Waals surface area (Å²) in [4.78, 5) is 10.9. The van der Waals surface area contributed by atoms with E-state index in [1.54, 1.807) is 13.0 Å². The molecule has 0 saturated heterocycles. The molecular formula is C17H24N2O2. The van der Waals surface area contributed by atoms with Crippen molar-refractivity contribution in [3.63, 3.8) is 0 Å². The van der Waals surface area contributed by atoms with Gasteiger partial charge in [-0.2, -0.15) is 0 Å². The lowest BCUT2D eigenvalue weighted by Gasteiger charge is -2.25. The number of nitro benzene ring substituents is 1. The quantitative estimate of drug-likeness (QED) is 0.671. The van der Waals surface area contributed by atoms with E-state index in [-0.39, 0.29) is 16.7 Å². The highest BCUT2D eigenvalue weighted by Gasteiger charge is 2.39. The van der Waals surface area contributed by atoms with Crippen LogP contribution in [0.5, 0.6) is 0 Å². The van der Waals surface area contributed by atoms with Crippen LogP contribution in [0.15, 0.2) is 12.1 Å². The maximum absolute atomic E-state index is 11.2. The van der Waals surface area contributed by atoms with Gasteiger partial charge in [-0.05, 0) is 68.4 Å². The molecule has 2 fully saturated rings. The first-order valence-electron chi connectivity index (χ1n) is 7.96. The van der Waals surface area contributed by atoms with Crippen LogP contribution in [-0.2, 0) is 0 Å². The molecule has 2 saturated carbocycles. The predicted molar refractivity (Wildman–Crippen MR) is 83.1 cm³/mol. The van der Waals surface area contributed by atoms with Gasteiger partial charge in [-0.25, -0.2) is 0 Å². The van der Waals surface area contributed by atoms with Crippen molar-refractivity contribution in [1.29, 1.82) is 0 Å². The third-order valence-corrected chi connectivity index (χ3v) is 5.73. The maximum Gasteiger partial charge on any atom is 0.272 e. The van der Waals surface area contributed by atoms with E-state index in [0.29, 0.717) is 0 Å². The predicted octanol–water partition coefficient (Wildman–Crippen LogP) is 4.04. The number of hydrogen-bond donors (Lipinski definition) is 1. The Bertz CT molecular complexity index is 570. The van der Waals surface area contributed by atoms with E-state index < -0.39 is 0 Å². The summed E-state index contributed by atoms with van der Waals surface area (Å²) in [6.07, 6.45) is 6.41. The highest BCUT2D eigenvalue weighted by Crippen LogP contribution is 2.50. The molecule has 1 aromatic rings. The summed E-state index contributed by atoms with van der Waals surface area (Å²) < 4.78 is 0. The first-order valence-corrected chi connectivity index (χ1v) is 7.96. The molecule has 0 aromatic heterocycles. The number of benzene rings is 1. The molecule has 0 spiro atoms. The van der Waals surface area contributed by atoms with E-state index in [0.717, 1.165) is 40.9 Å². The lowest BCUT2D eigenvalue weighted by atomic mass is 9.82. The van der Waals surface area contributed by atoms with Crippen LogP contribution in [0.3, 0.4) is 0 Å². The van der Waals surface area contributed by atoms with Gasteiger partial charge >= 0.3 is 0 Å². The number of nitro groups is 1. The summed E-state index contributed by atoms with van der Waals surface area (Å²) >= 11 is 0. The van der Waals surface area contributed by atoms with Crippen molar-refractivity contribution < 1.29 is 4.92 Å². The first-order chi connectivity index (χ1) is 9.95. The highest BCUT2D eigenvalue weighted by molar-refractivity contribution is 5.48. The molecule has 21 heavy (non-hydrogen) atoms. The zero-order valence-corrected chi connectivity index (χ0v) is 12.8. The molecule has 2 aliphatic carbocycles. The van der Waals surface area contributed by atoms with Gasteiger partial charge in [-0.1, -0.05) is 12.5 Å². The van der Waals surface area contributed by atoms with E-state index >= 15 is 0 Å². The summed E-state index contributed by atoms with van der Waals surface area (Å²) in [6, 6.07) is 3.63. The molecule has 2 aliphatic rings. The molecule has 0 aliphatic heterocycles. The topological polar surface area (TPSA) is 69.2 Å². The van der Waals surface area contributed by atoms with Crippen molar-refractivity contribution in [2.75, 3.05) is 0 Å². The summed E-state index contributed by atoms with van der Waals surface area (Å²) in [5.74, 6) is 2.49. The zero-order chi connectivity index (χ0) is 15.1. The van der Waals surface area contributed by atoms with Crippen LogP contribution in [0.2, 0.25) is 0 Å². The van der Waals surface area contributed by atoms with Gasteiger partial charge in [-0.3, -0.25) is 10.1 Å². The second kappa shape index (κ2) is 5.41. The monoisotopic (exact) mass is 288 g/mol. The molecule has 0 amide bonds. The number of hydrogen-bond acceptors (Lipinski definition) is 3. The SMILES string of the molecule is Cc1cc(C(N)CC2CC3CCC2C3)cc([N+](=O)[O-])c1C. The largest absolute Gasteiger partial charge is 0.324 e. The summed E-state index contributed by atoms with van der Waals surface area (Å²) in [5, 5.41) is 11.2. The number of aryl methyl sites for hydroxylation is 1. The van der Waals surface area contributed by atoms with Crippen LogP contribution in [0.25, 0.3) is 0 Å². The second-order valence-corrected chi connectivity index (χ2v) is 7.02. The van der Waals surface area contributed by atoms with Gasteiger partial charge in [0.2, 0.25) is 0 Å². The van der Waals surface area contributed by atoms with E-state index in [2.05, 4.69) is 0 Å². The summed E-state index contributed by atoms with van der Waals surface area (Å²) in [6.45, 7) is 3.73. The van der Waals surface area contributed by atoms with E-state index in [4.69, 9.17) is 5.73 Å². The molecular weight excluding hydrogens is 264 g/mol. The van der Waals surface area contributed by atoms with Crippen LogP contribution in [-0.4, -0.2) is 4.92 Å². The lowest BCUT2D eigenvalue weighted by molar-refractivity contribution is -0.385. The molecule has 1 aromatic carbocycles. The molecule has 114 valence electrons. The molecule has 2 bridgehead atoms. The van der Waals surface area contributed by atoms with Gasteiger partial charge in [-0.15, -0.1) is 0 Å². The minimum atomic E-state index is -0.296. The molecule has 4 atom stereocenters. The summed E-state index contributed by atoms with van der Waals surface area (Å²) in [7, 11) is 0. The number of nitrogens with zero attached hydrogens (tertiary/aromatic N) is 1. The van der Waals surface area contributed by atoms with Crippen molar-refractivity contribution in [2.45, 2.75) is 52.0 Å². The Kier molecular flexibility index (Phi) is 3.74. The lowest BCUT2D eigenvalue weighted by Crippen LogP contribution is -2.19. The average molecular weight is 288 g/mol. The van der Waals surface area contributed by atoms with E-state index in [1.807, 2.05) is 13.0 Å². The van der Waals surface area contributed by atoms with Gasteiger partial charge < -0.3 is 5.73 Å². The van der Waals surface area contributed by atoms with Gasteiger partial charge in [0, 0.05) is 17.7 Å². The fraction of sp³-hybridized carbons (Fsp3) is 0.647. The molecule has 0 heterocycles. The van der Waals surface area contributed by atoms with Crippen molar-refractivity contribution in [1.82, 2.24) is 0 Å². The Balaban J connectivity index is 1.78. The Labute approximate surface area is 125 Å². The van der Waals surface area contributed by atoms with Crippen LogP contribution < -0.4 is 5.73 Å². The van der Waals surface area contributed by atoms with Crippen molar-refractivity contribution >= 4 is 5.69 Å². The van der Waals surface area contributed by atoms with Crippen LogP contribution >= 0.6 is 0 Å². The number of nitrogens with two attached hydrogens (primary N) is 1. The Morgan fingerprint density at radius 1 is 1.33 bits per heavy atom. The standard InChI is InChI=1S/C17H24N2O2/c1-10-5-15(9-17(11(10)2)19(20)21)16(18)8-14-7-12-3-4-13(14)6-12/h5,9,12-14,16H,3-4,6-8,18H2,1-2H3. The van der Waals surface area contributed by atoms with Crippen molar-refractivity contribution in [3.05, 3.63) is 38.9 Å². The first kappa shape index (κ1) is 14.5. The molecule has 2 N–H and O–H groups in total. The van der Waals surface area contributed by atoms with Gasteiger partial charge in [0.25, 0.3) is 5.69 Å². The van der Waals surface area contributed by atoms with Gasteiger partial charge in [0.1, 0.15) is 0 Å². The van der Waals surface area contributed by atoms with Gasteiger partial charge in [0.05, 0.1) is 4.92 Å². The van der Waals surface area contributed by atoms with Crippen LogP contribution in [0.4, 0.5) is 5.69 Å². The number of rotatable bonds is 4. The van der Waals surface area contributed by atoms with Crippen molar-refractivity contribution in [3.8, 4) is 0 Å². The fourth-order valence-corrected chi connectivity index (χ4v) is 4.40. The minimum absolute atomic E-state index is 0.0765. The minimum Gasteiger partial charge on any atom is -0.324 e. The summed E-state index contributed by atoms with van der Waals surface area (Å²) in [5.41, 5.74) is 9.20. The highest BCUT2D eigenvalue weighted by atomic mass is 16.6. The molecule has 4 nitrogen and oxygen atoms in total. The molecule has 4 unspecified atom stereocenters.